The first-order valence-electron chi connectivity index (χ1n) is 5.71. The molecule has 0 unspecified atom stereocenters. The molecule has 0 saturated heterocycles. The topological polar surface area (TPSA) is 55.9 Å². The summed E-state index contributed by atoms with van der Waals surface area (Å²) in [4.78, 5) is 0. The summed E-state index contributed by atoms with van der Waals surface area (Å²) in [6, 6.07) is 0.616. The highest BCUT2D eigenvalue weighted by Crippen LogP contribution is 2.25. The SMILES string of the molecule is Cc1nn(C)c(NC2CCCC2)c1CN. The zero-order valence-corrected chi connectivity index (χ0v) is 9.58. The summed E-state index contributed by atoms with van der Waals surface area (Å²) in [5.41, 5.74) is 7.94. The van der Waals surface area contributed by atoms with Crippen molar-refractivity contribution in [2.24, 2.45) is 12.8 Å². The molecular weight excluding hydrogens is 188 g/mol. The van der Waals surface area contributed by atoms with Crippen LogP contribution in [0.15, 0.2) is 0 Å². The van der Waals surface area contributed by atoms with Crippen LogP contribution in [0.4, 0.5) is 5.82 Å². The average Bonchev–Trinajstić information content (AvgIpc) is 2.77. The first-order valence-corrected chi connectivity index (χ1v) is 5.71. The highest BCUT2D eigenvalue weighted by molar-refractivity contribution is 5.48. The summed E-state index contributed by atoms with van der Waals surface area (Å²) in [7, 11) is 1.98. The van der Waals surface area contributed by atoms with E-state index in [1.807, 2.05) is 18.7 Å². The van der Waals surface area contributed by atoms with Crippen molar-refractivity contribution in [1.29, 1.82) is 0 Å². The van der Waals surface area contributed by atoms with E-state index in [0.717, 1.165) is 17.1 Å². The maximum Gasteiger partial charge on any atom is 0.128 e. The van der Waals surface area contributed by atoms with Gasteiger partial charge in [-0.2, -0.15) is 5.10 Å². The quantitative estimate of drug-likeness (QED) is 0.792. The van der Waals surface area contributed by atoms with Crippen LogP contribution in [-0.2, 0) is 13.6 Å². The third-order valence-electron chi connectivity index (χ3n) is 3.25. The molecule has 0 aliphatic heterocycles. The Morgan fingerprint density at radius 1 is 1.47 bits per heavy atom. The molecule has 15 heavy (non-hydrogen) atoms. The molecule has 0 radical (unpaired) electrons. The van der Waals surface area contributed by atoms with Crippen molar-refractivity contribution < 1.29 is 0 Å². The molecule has 1 fully saturated rings. The fourth-order valence-corrected chi connectivity index (χ4v) is 2.39. The standard InChI is InChI=1S/C11H20N4/c1-8-10(7-12)11(15(2)14-8)13-9-5-3-4-6-9/h9,13H,3-7,12H2,1-2H3. The van der Waals surface area contributed by atoms with E-state index in [2.05, 4.69) is 10.4 Å². The number of nitrogens with zero attached hydrogens (tertiary/aromatic N) is 2. The molecule has 2 rings (SSSR count). The van der Waals surface area contributed by atoms with Crippen LogP contribution in [0.1, 0.15) is 36.9 Å². The van der Waals surface area contributed by atoms with Gasteiger partial charge in [0, 0.05) is 25.2 Å². The van der Waals surface area contributed by atoms with Crippen molar-refractivity contribution in [2.75, 3.05) is 5.32 Å². The van der Waals surface area contributed by atoms with Gasteiger partial charge in [-0.3, -0.25) is 4.68 Å². The number of aromatic nitrogens is 2. The lowest BCUT2D eigenvalue weighted by atomic mass is 10.2. The van der Waals surface area contributed by atoms with E-state index in [1.165, 1.54) is 25.7 Å². The van der Waals surface area contributed by atoms with E-state index >= 15 is 0 Å². The summed E-state index contributed by atoms with van der Waals surface area (Å²) >= 11 is 0. The first-order chi connectivity index (χ1) is 7.22. The van der Waals surface area contributed by atoms with Crippen molar-refractivity contribution in [2.45, 2.75) is 45.2 Å². The number of hydrogen-bond donors (Lipinski definition) is 2. The predicted octanol–water partition coefficient (Wildman–Crippen LogP) is 1.54. The fraction of sp³-hybridized carbons (Fsp3) is 0.727. The van der Waals surface area contributed by atoms with Crippen LogP contribution in [-0.4, -0.2) is 15.8 Å². The number of nitrogens with two attached hydrogens (primary N) is 1. The van der Waals surface area contributed by atoms with E-state index in [4.69, 9.17) is 5.73 Å². The normalized spacial score (nSPS) is 17.3. The van der Waals surface area contributed by atoms with Crippen molar-refractivity contribution in [1.82, 2.24) is 9.78 Å². The number of aryl methyl sites for hydroxylation is 2. The zero-order chi connectivity index (χ0) is 10.8. The molecule has 84 valence electrons. The van der Waals surface area contributed by atoms with Crippen LogP contribution in [0.2, 0.25) is 0 Å². The van der Waals surface area contributed by atoms with Crippen molar-refractivity contribution in [3.05, 3.63) is 11.3 Å². The number of nitrogens with one attached hydrogen (secondary N) is 1. The summed E-state index contributed by atoms with van der Waals surface area (Å²) < 4.78 is 1.91. The van der Waals surface area contributed by atoms with Gasteiger partial charge in [0.25, 0.3) is 0 Å². The molecule has 1 saturated carbocycles. The monoisotopic (exact) mass is 208 g/mol. The Labute approximate surface area is 90.8 Å². The van der Waals surface area contributed by atoms with Gasteiger partial charge >= 0.3 is 0 Å². The Kier molecular flexibility index (Phi) is 2.95. The van der Waals surface area contributed by atoms with Gasteiger partial charge in [-0.15, -0.1) is 0 Å². The lowest BCUT2D eigenvalue weighted by Crippen LogP contribution is -2.18. The molecule has 4 nitrogen and oxygen atoms in total. The minimum absolute atomic E-state index is 0.564. The van der Waals surface area contributed by atoms with Crippen molar-refractivity contribution >= 4 is 5.82 Å². The molecule has 1 aliphatic rings. The van der Waals surface area contributed by atoms with Crippen LogP contribution >= 0.6 is 0 Å². The minimum atomic E-state index is 0.564. The molecule has 0 atom stereocenters. The molecule has 0 spiro atoms. The molecule has 1 aliphatic carbocycles. The van der Waals surface area contributed by atoms with Gasteiger partial charge in [-0.05, 0) is 19.8 Å². The molecular formula is C11H20N4. The fourth-order valence-electron chi connectivity index (χ4n) is 2.39. The molecule has 0 amide bonds. The predicted molar refractivity (Wildman–Crippen MR) is 61.7 cm³/mol. The zero-order valence-electron chi connectivity index (χ0n) is 9.58. The Bertz CT molecular complexity index is 337. The van der Waals surface area contributed by atoms with E-state index in [9.17, 15) is 0 Å². The van der Waals surface area contributed by atoms with Crippen LogP contribution < -0.4 is 11.1 Å². The molecule has 1 aromatic heterocycles. The van der Waals surface area contributed by atoms with Gasteiger partial charge in [-0.25, -0.2) is 0 Å². The number of rotatable bonds is 3. The lowest BCUT2D eigenvalue weighted by Gasteiger charge is -2.14. The van der Waals surface area contributed by atoms with Crippen LogP contribution in [0.5, 0.6) is 0 Å². The second-order valence-electron chi connectivity index (χ2n) is 4.37. The molecule has 3 N–H and O–H groups in total. The Morgan fingerprint density at radius 2 is 2.13 bits per heavy atom. The molecule has 0 bridgehead atoms. The highest BCUT2D eigenvalue weighted by atomic mass is 15.3. The van der Waals surface area contributed by atoms with E-state index < -0.39 is 0 Å². The van der Waals surface area contributed by atoms with Gasteiger partial charge in [0.2, 0.25) is 0 Å². The van der Waals surface area contributed by atoms with Crippen LogP contribution in [0.25, 0.3) is 0 Å². The maximum atomic E-state index is 5.75. The summed E-state index contributed by atoms with van der Waals surface area (Å²) in [5.74, 6) is 1.11. The smallest absolute Gasteiger partial charge is 0.128 e. The highest BCUT2D eigenvalue weighted by Gasteiger charge is 2.19. The van der Waals surface area contributed by atoms with Gasteiger partial charge in [-0.1, -0.05) is 12.8 Å². The minimum Gasteiger partial charge on any atom is -0.367 e. The van der Waals surface area contributed by atoms with Crippen molar-refractivity contribution in [3.8, 4) is 0 Å². The molecule has 1 aromatic rings. The average molecular weight is 208 g/mol. The van der Waals surface area contributed by atoms with Gasteiger partial charge in [0.15, 0.2) is 0 Å². The Morgan fingerprint density at radius 3 is 2.73 bits per heavy atom. The van der Waals surface area contributed by atoms with Gasteiger partial charge in [0.05, 0.1) is 5.69 Å². The third kappa shape index (κ3) is 2.00. The van der Waals surface area contributed by atoms with Crippen LogP contribution in [0, 0.1) is 6.92 Å². The Hall–Kier alpha value is -1.03. The van der Waals surface area contributed by atoms with E-state index in [-0.39, 0.29) is 0 Å². The van der Waals surface area contributed by atoms with Crippen LogP contribution in [0.3, 0.4) is 0 Å². The van der Waals surface area contributed by atoms with Gasteiger partial charge in [0.1, 0.15) is 5.82 Å². The first kappa shape index (κ1) is 10.5. The molecule has 4 heteroatoms. The summed E-state index contributed by atoms with van der Waals surface area (Å²) in [6.07, 6.45) is 5.22. The summed E-state index contributed by atoms with van der Waals surface area (Å²) in [5, 5.41) is 7.97. The maximum absolute atomic E-state index is 5.75. The van der Waals surface area contributed by atoms with E-state index in [0.29, 0.717) is 12.6 Å². The number of anilines is 1. The summed E-state index contributed by atoms with van der Waals surface area (Å²) in [6.45, 7) is 2.58. The van der Waals surface area contributed by atoms with Crippen molar-refractivity contribution in [3.63, 3.8) is 0 Å². The van der Waals surface area contributed by atoms with Gasteiger partial charge < -0.3 is 11.1 Å². The number of hydrogen-bond acceptors (Lipinski definition) is 3. The second-order valence-corrected chi connectivity index (χ2v) is 4.37. The molecule has 1 heterocycles. The molecule has 0 aromatic carbocycles. The Balaban J connectivity index is 2.18. The lowest BCUT2D eigenvalue weighted by molar-refractivity contribution is 0.707. The van der Waals surface area contributed by atoms with E-state index in [1.54, 1.807) is 0 Å². The largest absolute Gasteiger partial charge is 0.367 e. The second kappa shape index (κ2) is 4.23. The third-order valence-corrected chi connectivity index (χ3v) is 3.25.